The van der Waals surface area contributed by atoms with Crippen molar-refractivity contribution >= 4 is 23.4 Å². The number of H-pyrrole nitrogens is 1. The molecule has 0 saturated heterocycles. The zero-order valence-electron chi connectivity index (χ0n) is 20.1. The van der Waals surface area contributed by atoms with Gasteiger partial charge < -0.3 is 25.8 Å². The fourth-order valence-electron chi connectivity index (χ4n) is 3.80. The molecule has 0 radical (unpaired) electrons. The van der Waals surface area contributed by atoms with Gasteiger partial charge in [0.25, 0.3) is 11.5 Å². The van der Waals surface area contributed by atoms with E-state index < -0.39 is 23.1 Å². The lowest BCUT2D eigenvalue weighted by Crippen LogP contribution is -2.27. The van der Waals surface area contributed by atoms with Crippen LogP contribution in [0.2, 0.25) is 0 Å². The smallest absolute Gasteiger partial charge is 0.267 e. The first kappa shape index (κ1) is 25.1. The number of dihydropyridines is 1. The van der Waals surface area contributed by atoms with Gasteiger partial charge in [-0.25, -0.2) is 13.8 Å². The van der Waals surface area contributed by atoms with E-state index in [1.54, 1.807) is 18.5 Å². The molecule has 1 amide bonds. The summed E-state index contributed by atoms with van der Waals surface area (Å²) in [4.78, 5) is 32.8. The lowest BCUT2D eigenvalue weighted by atomic mass is 10.1. The number of rotatable bonds is 7. The van der Waals surface area contributed by atoms with Crippen LogP contribution in [-0.2, 0) is 0 Å². The SMILES string of the molecule is N=C/C=C1\NC=C(c2c[nH]cn2)C=C1Oc1ccc(NC(=O)c2cccn(-c3ccc(F)cc3)c2=O)cc1F. The lowest BCUT2D eigenvalue weighted by molar-refractivity contribution is 0.102. The Balaban J connectivity index is 1.36. The maximum Gasteiger partial charge on any atom is 0.267 e. The van der Waals surface area contributed by atoms with Crippen LogP contribution in [0.25, 0.3) is 11.3 Å². The molecule has 0 unspecified atom stereocenters. The summed E-state index contributed by atoms with van der Waals surface area (Å²) in [5.74, 6) is -1.84. The molecule has 2 aromatic heterocycles. The number of allylic oxidation sites excluding steroid dienone is 3. The standard InChI is InChI=1S/C28H20F2N6O3/c29-18-3-6-20(7-4-18)36-11-1-2-21(28(36)38)27(37)35-19-5-8-25(22(30)13-19)39-26-12-17(24-15-32-16-34-24)14-33-23(26)9-10-31/h1-16,31,33H,(H,32,34)(H,35,37)/b23-9-,31-10?. The van der Waals surface area contributed by atoms with Gasteiger partial charge in [-0.05, 0) is 60.7 Å². The van der Waals surface area contributed by atoms with Crippen molar-refractivity contribution in [1.29, 1.82) is 5.41 Å². The number of amides is 1. The second-order valence-electron chi connectivity index (χ2n) is 8.23. The Kier molecular flexibility index (Phi) is 6.95. The third-order valence-electron chi connectivity index (χ3n) is 5.69. The third-order valence-corrected chi connectivity index (χ3v) is 5.69. The first-order valence-electron chi connectivity index (χ1n) is 11.6. The molecule has 9 nitrogen and oxygen atoms in total. The zero-order valence-corrected chi connectivity index (χ0v) is 20.1. The molecule has 2 aromatic carbocycles. The van der Waals surface area contributed by atoms with Crippen LogP contribution in [0.3, 0.4) is 0 Å². The van der Waals surface area contributed by atoms with Crippen molar-refractivity contribution in [3.63, 3.8) is 0 Å². The van der Waals surface area contributed by atoms with E-state index in [9.17, 15) is 14.0 Å². The van der Waals surface area contributed by atoms with Crippen LogP contribution in [0.1, 0.15) is 16.1 Å². The van der Waals surface area contributed by atoms with Crippen LogP contribution in [0.5, 0.6) is 5.75 Å². The normalized spacial score (nSPS) is 13.7. The highest BCUT2D eigenvalue weighted by Gasteiger charge is 2.18. The van der Waals surface area contributed by atoms with E-state index in [1.165, 1.54) is 71.7 Å². The number of aromatic amines is 1. The molecule has 39 heavy (non-hydrogen) atoms. The summed E-state index contributed by atoms with van der Waals surface area (Å²) in [5.41, 5.74) is 1.43. The topological polar surface area (TPSA) is 125 Å². The van der Waals surface area contributed by atoms with Gasteiger partial charge in [0.2, 0.25) is 0 Å². The monoisotopic (exact) mass is 526 g/mol. The Morgan fingerprint density at radius 1 is 1.13 bits per heavy atom. The first-order chi connectivity index (χ1) is 18.9. The minimum Gasteiger partial charge on any atom is -0.452 e. The first-order valence-corrected chi connectivity index (χ1v) is 11.6. The van der Waals surface area contributed by atoms with E-state index in [-0.39, 0.29) is 22.8 Å². The molecular formula is C28H20F2N6O3. The van der Waals surface area contributed by atoms with Gasteiger partial charge in [0.15, 0.2) is 17.3 Å². The number of carbonyl (C=O) groups is 1. The third kappa shape index (κ3) is 5.42. The Hall–Kier alpha value is -5.58. The van der Waals surface area contributed by atoms with Crippen molar-refractivity contribution < 1.29 is 18.3 Å². The Bertz CT molecular complexity index is 1700. The number of aromatic nitrogens is 3. The van der Waals surface area contributed by atoms with Gasteiger partial charge >= 0.3 is 0 Å². The number of nitrogens with zero attached hydrogens (tertiary/aromatic N) is 2. The largest absolute Gasteiger partial charge is 0.452 e. The van der Waals surface area contributed by atoms with Crippen molar-refractivity contribution in [3.05, 3.63) is 136 Å². The summed E-state index contributed by atoms with van der Waals surface area (Å²) in [7, 11) is 0. The number of ether oxygens (including phenoxy) is 1. The van der Waals surface area contributed by atoms with E-state index in [0.717, 1.165) is 12.3 Å². The maximum atomic E-state index is 15.0. The van der Waals surface area contributed by atoms with Gasteiger partial charge in [0, 0.05) is 47.8 Å². The predicted molar refractivity (Wildman–Crippen MR) is 142 cm³/mol. The van der Waals surface area contributed by atoms with Gasteiger partial charge in [0.05, 0.1) is 17.7 Å². The second kappa shape index (κ2) is 10.8. The molecule has 4 aromatic rings. The van der Waals surface area contributed by atoms with E-state index >= 15 is 4.39 Å². The van der Waals surface area contributed by atoms with Gasteiger partial charge in [-0.2, -0.15) is 0 Å². The highest BCUT2D eigenvalue weighted by molar-refractivity contribution is 6.04. The average molecular weight is 527 g/mol. The average Bonchev–Trinajstić information content (AvgIpc) is 3.47. The predicted octanol–water partition coefficient (Wildman–Crippen LogP) is 4.53. The lowest BCUT2D eigenvalue weighted by Gasteiger charge is -2.19. The van der Waals surface area contributed by atoms with Crippen LogP contribution in [0, 0.1) is 17.0 Å². The molecule has 0 atom stereocenters. The molecule has 1 aliphatic rings. The number of benzene rings is 2. The highest BCUT2D eigenvalue weighted by Crippen LogP contribution is 2.28. The second-order valence-corrected chi connectivity index (χ2v) is 8.23. The number of hydrogen-bond acceptors (Lipinski definition) is 6. The van der Waals surface area contributed by atoms with Crippen LogP contribution in [0.15, 0.2) is 108 Å². The summed E-state index contributed by atoms with van der Waals surface area (Å²) >= 11 is 0. The molecule has 0 fully saturated rings. The van der Waals surface area contributed by atoms with E-state index in [4.69, 9.17) is 10.1 Å². The highest BCUT2D eigenvalue weighted by atomic mass is 19.1. The van der Waals surface area contributed by atoms with Crippen LogP contribution in [-0.4, -0.2) is 26.7 Å². The fourth-order valence-corrected chi connectivity index (χ4v) is 3.80. The summed E-state index contributed by atoms with van der Waals surface area (Å²) < 4.78 is 35.3. The Morgan fingerprint density at radius 2 is 1.95 bits per heavy atom. The molecule has 5 rings (SSSR count). The van der Waals surface area contributed by atoms with Gasteiger partial charge in [0.1, 0.15) is 11.4 Å². The molecule has 0 spiro atoms. The molecule has 0 aliphatic carbocycles. The number of anilines is 1. The molecular weight excluding hydrogens is 506 g/mol. The number of pyridine rings is 1. The van der Waals surface area contributed by atoms with Crippen LogP contribution >= 0.6 is 0 Å². The number of halogens is 2. The van der Waals surface area contributed by atoms with Gasteiger partial charge in [-0.15, -0.1) is 0 Å². The molecule has 1 aliphatic heterocycles. The summed E-state index contributed by atoms with van der Waals surface area (Å²) in [6.07, 6.45) is 10.5. The number of nitrogens with one attached hydrogen (secondary N) is 4. The summed E-state index contributed by atoms with van der Waals surface area (Å²) in [6, 6.07) is 11.9. The van der Waals surface area contributed by atoms with E-state index in [1.807, 2.05) is 0 Å². The summed E-state index contributed by atoms with van der Waals surface area (Å²) in [6.45, 7) is 0. The Labute approximate surface area is 220 Å². The van der Waals surface area contributed by atoms with Crippen LogP contribution < -0.4 is 20.9 Å². The number of hydrogen-bond donors (Lipinski definition) is 4. The molecule has 11 heteroatoms. The molecule has 3 heterocycles. The van der Waals surface area contributed by atoms with Gasteiger partial charge in [-0.1, -0.05) is 0 Å². The molecule has 4 N–H and O–H groups in total. The van der Waals surface area contributed by atoms with Gasteiger partial charge in [-0.3, -0.25) is 14.2 Å². The number of imidazole rings is 1. The zero-order chi connectivity index (χ0) is 27.4. The molecule has 194 valence electrons. The van der Waals surface area contributed by atoms with Crippen molar-refractivity contribution in [2.75, 3.05) is 5.32 Å². The fraction of sp³-hybridized carbons (Fsp3) is 0. The molecule has 0 saturated carbocycles. The Morgan fingerprint density at radius 3 is 2.67 bits per heavy atom. The van der Waals surface area contributed by atoms with Crippen molar-refractivity contribution in [3.8, 4) is 11.4 Å². The quantitative estimate of drug-likeness (QED) is 0.263. The van der Waals surface area contributed by atoms with Crippen molar-refractivity contribution in [2.45, 2.75) is 0 Å². The summed E-state index contributed by atoms with van der Waals surface area (Å²) in [5, 5.41) is 12.9. The maximum absolute atomic E-state index is 15.0. The molecule has 0 bridgehead atoms. The van der Waals surface area contributed by atoms with E-state index in [2.05, 4.69) is 20.6 Å². The number of carbonyl (C=O) groups excluding carboxylic acids is 1. The van der Waals surface area contributed by atoms with Crippen molar-refractivity contribution in [1.82, 2.24) is 19.9 Å². The minimum absolute atomic E-state index is 0.101. The van der Waals surface area contributed by atoms with E-state index in [0.29, 0.717) is 22.7 Å². The van der Waals surface area contributed by atoms with Crippen LogP contribution in [0.4, 0.5) is 14.5 Å². The van der Waals surface area contributed by atoms with Crippen molar-refractivity contribution in [2.24, 2.45) is 0 Å². The minimum atomic E-state index is -0.768.